The highest BCUT2D eigenvalue weighted by Gasteiger charge is 2.22. The van der Waals surface area contributed by atoms with E-state index in [0.717, 1.165) is 49.7 Å². The van der Waals surface area contributed by atoms with Gasteiger partial charge in [0, 0.05) is 25.7 Å². The summed E-state index contributed by atoms with van der Waals surface area (Å²) in [6, 6.07) is 13.7. The third-order valence-corrected chi connectivity index (χ3v) is 6.30. The molecule has 0 aliphatic heterocycles. The molecule has 2 aromatic carbocycles. The van der Waals surface area contributed by atoms with Crippen LogP contribution in [0, 0.1) is 11.8 Å². The van der Waals surface area contributed by atoms with Crippen LogP contribution in [-0.2, 0) is 22.4 Å². The Balaban J connectivity index is 1.29. The summed E-state index contributed by atoms with van der Waals surface area (Å²) in [5, 5.41) is 18.6. The molecule has 0 heterocycles. The lowest BCUT2D eigenvalue weighted by Crippen LogP contribution is -2.17. The predicted molar refractivity (Wildman–Crippen MR) is 118 cm³/mol. The van der Waals surface area contributed by atoms with Gasteiger partial charge in [0.2, 0.25) is 0 Å². The van der Waals surface area contributed by atoms with Crippen LogP contribution in [-0.4, -0.2) is 21.8 Å². The minimum atomic E-state index is 0.227. The summed E-state index contributed by atoms with van der Waals surface area (Å²) in [6.07, 6.45) is 8.69. The zero-order valence-corrected chi connectivity index (χ0v) is 17.6. The van der Waals surface area contributed by atoms with Crippen LogP contribution in [0.1, 0.15) is 62.5 Å². The smallest absolute Gasteiger partial charge is 0.137 e. The van der Waals surface area contributed by atoms with Gasteiger partial charge in [0.15, 0.2) is 0 Å². The lowest BCUT2D eigenvalue weighted by atomic mass is 9.77. The van der Waals surface area contributed by atoms with Crippen molar-refractivity contribution in [1.29, 1.82) is 0 Å². The number of hydrogen-bond acceptors (Lipinski definition) is 4. The lowest BCUT2D eigenvalue weighted by molar-refractivity contribution is -0.119. The quantitative estimate of drug-likeness (QED) is 0.553. The zero-order valence-electron chi connectivity index (χ0n) is 17.6. The minimum absolute atomic E-state index is 0.227. The minimum Gasteiger partial charge on any atom is -0.508 e. The fourth-order valence-corrected chi connectivity index (χ4v) is 4.40. The van der Waals surface area contributed by atoms with E-state index in [4.69, 9.17) is 0 Å². The third-order valence-electron chi connectivity index (χ3n) is 6.30. The van der Waals surface area contributed by atoms with E-state index in [1.54, 1.807) is 48.5 Å². The topological polar surface area (TPSA) is 74.6 Å². The zero-order chi connectivity index (χ0) is 21.3. The van der Waals surface area contributed by atoms with E-state index < -0.39 is 0 Å². The van der Waals surface area contributed by atoms with E-state index in [-0.39, 0.29) is 23.1 Å². The van der Waals surface area contributed by atoms with E-state index in [1.807, 2.05) is 0 Å². The second-order valence-electron chi connectivity index (χ2n) is 8.73. The van der Waals surface area contributed by atoms with E-state index in [9.17, 15) is 19.8 Å². The van der Waals surface area contributed by atoms with Crippen molar-refractivity contribution in [2.75, 3.05) is 0 Å². The van der Waals surface area contributed by atoms with Gasteiger partial charge in [0.1, 0.15) is 23.1 Å². The summed E-state index contributed by atoms with van der Waals surface area (Å²) in [5.41, 5.74) is 1.91. The van der Waals surface area contributed by atoms with Crippen LogP contribution < -0.4 is 0 Å². The molecule has 1 fully saturated rings. The number of phenols is 2. The molecule has 30 heavy (non-hydrogen) atoms. The van der Waals surface area contributed by atoms with Crippen LogP contribution in [0.2, 0.25) is 0 Å². The Morgan fingerprint density at radius 1 is 0.633 bits per heavy atom. The van der Waals surface area contributed by atoms with E-state index in [0.29, 0.717) is 37.5 Å². The van der Waals surface area contributed by atoms with Gasteiger partial charge in [-0.1, -0.05) is 49.9 Å². The van der Waals surface area contributed by atoms with Crippen LogP contribution >= 0.6 is 0 Å². The van der Waals surface area contributed by atoms with E-state index >= 15 is 0 Å². The highest BCUT2D eigenvalue weighted by molar-refractivity contribution is 5.81. The molecule has 1 aliphatic rings. The second kappa shape index (κ2) is 11.0. The van der Waals surface area contributed by atoms with Crippen molar-refractivity contribution in [2.24, 2.45) is 11.8 Å². The SMILES string of the molecule is O=C(CCC1CCC(CCC(=O)Cc2ccc(O)cc2)CC1)Cc1ccc(O)cc1. The maximum atomic E-state index is 12.2. The largest absolute Gasteiger partial charge is 0.508 e. The van der Waals surface area contributed by atoms with Crippen molar-refractivity contribution < 1.29 is 19.8 Å². The normalized spacial score (nSPS) is 18.8. The number of aromatic hydroxyl groups is 2. The number of phenolic OH excluding ortho intramolecular Hbond substituents is 2. The number of rotatable bonds is 10. The summed E-state index contributed by atoms with van der Waals surface area (Å²) in [7, 11) is 0. The van der Waals surface area contributed by atoms with Crippen LogP contribution in [0.25, 0.3) is 0 Å². The first-order valence-corrected chi connectivity index (χ1v) is 11.1. The summed E-state index contributed by atoms with van der Waals surface area (Å²) in [5.74, 6) is 2.23. The predicted octanol–water partition coefficient (Wildman–Crippen LogP) is 5.39. The number of ketones is 2. The van der Waals surface area contributed by atoms with Crippen molar-refractivity contribution in [3.05, 3.63) is 59.7 Å². The molecule has 4 nitrogen and oxygen atoms in total. The Kier molecular flexibility index (Phi) is 8.06. The highest BCUT2D eigenvalue weighted by Crippen LogP contribution is 2.34. The number of carbonyl (C=O) groups is 2. The monoisotopic (exact) mass is 408 g/mol. The van der Waals surface area contributed by atoms with Crippen molar-refractivity contribution >= 4 is 11.6 Å². The molecule has 0 aromatic heterocycles. The van der Waals surface area contributed by atoms with Crippen molar-refractivity contribution in [3.63, 3.8) is 0 Å². The Bertz CT molecular complexity index is 744. The van der Waals surface area contributed by atoms with Gasteiger partial charge in [-0.3, -0.25) is 9.59 Å². The molecule has 0 bridgehead atoms. The summed E-state index contributed by atoms with van der Waals surface area (Å²) >= 11 is 0. The maximum absolute atomic E-state index is 12.2. The molecule has 160 valence electrons. The van der Waals surface area contributed by atoms with Gasteiger partial charge >= 0.3 is 0 Å². The summed E-state index contributed by atoms with van der Waals surface area (Å²) in [6.45, 7) is 0. The molecule has 3 rings (SSSR count). The molecule has 2 N–H and O–H groups in total. The maximum Gasteiger partial charge on any atom is 0.137 e. The molecular weight excluding hydrogens is 376 g/mol. The molecule has 0 atom stereocenters. The fourth-order valence-electron chi connectivity index (χ4n) is 4.40. The summed E-state index contributed by atoms with van der Waals surface area (Å²) < 4.78 is 0. The number of hydrogen-bond donors (Lipinski definition) is 2. The van der Waals surface area contributed by atoms with Gasteiger partial charge in [0.25, 0.3) is 0 Å². The fraction of sp³-hybridized carbons (Fsp3) is 0.462. The highest BCUT2D eigenvalue weighted by atomic mass is 16.3. The average Bonchev–Trinajstić information content (AvgIpc) is 2.75. The van der Waals surface area contributed by atoms with Gasteiger partial charge in [-0.15, -0.1) is 0 Å². The average molecular weight is 409 g/mol. The van der Waals surface area contributed by atoms with Crippen molar-refractivity contribution in [1.82, 2.24) is 0 Å². The first kappa shape index (κ1) is 22.1. The Labute approximate surface area is 179 Å². The van der Waals surface area contributed by atoms with Crippen LogP contribution in [0.5, 0.6) is 11.5 Å². The van der Waals surface area contributed by atoms with E-state index in [2.05, 4.69) is 0 Å². The van der Waals surface area contributed by atoms with Crippen LogP contribution in [0.15, 0.2) is 48.5 Å². The molecule has 0 amide bonds. The molecular formula is C26H32O4. The number of Topliss-reactive ketones (excluding diaryl/α,β-unsaturated/α-hetero) is 2. The first-order valence-electron chi connectivity index (χ1n) is 11.1. The Morgan fingerprint density at radius 2 is 0.967 bits per heavy atom. The molecule has 0 saturated heterocycles. The first-order chi connectivity index (χ1) is 14.5. The molecule has 1 aliphatic carbocycles. The van der Waals surface area contributed by atoms with Gasteiger partial charge < -0.3 is 10.2 Å². The number of carbonyl (C=O) groups excluding carboxylic acids is 2. The molecule has 0 unspecified atom stereocenters. The molecule has 1 saturated carbocycles. The van der Waals surface area contributed by atoms with Gasteiger partial charge in [-0.2, -0.15) is 0 Å². The van der Waals surface area contributed by atoms with Gasteiger partial charge in [-0.05, 0) is 60.1 Å². The summed E-state index contributed by atoms with van der Waals surface area (Å²) in [4.78, 5) is 24.5. The van der Waals surface area contributed by atoms with Gasteiger partial charge in [-0.25, -0.2) is 0 Å². The van der Waals surface area contributed by atoms with Crippen molar-refractivity contribution in [3.8, 4) is 11.5 Å². The van der Waals surface area contributed by atoms with Gasteiger partial charge in [0.05, 0.1) is 0 Å². The third kappa shape index (κ3) is 7.33. The second-order valence-corrected chi connectivity index (χ2v) is 8.73. The standard InChI is InChI=1S/C26H32O4/c27-23-11-7-21(8-12-23)17-25(29)15-5-19-1-2-20(4-3-19)6-16-26(30)18-22-9-13-24(28)14-10-22/h7-14,19-20,27-28H,1-6,15-18H2. The lowest BCUT2D eigenvalue weighted by Gasteiger charge is -2.28. The Hall–Kier alpha value is -2.62. The molecule has 4 heteroatoms. The van der Waals surface area contributed by atoms with Crippen LogP contribution in [0.3, 0.4) is 0 Å². The molecule has 0 spiro atoms. The Morgan fingerprint density at radius 3 is 1.30 bits per heavy atom. The number of benzene rings is 2. The van der Waals surface area contributed by atoms with E-state index in [1.165, 1.54) is 0 Å². The molecule has 0 radical (unpaired) electrons. The van der Waals surface area contributed by atoms with Crippen LogP contribution in [0.4, 0.5) is 0 Å². The molecule has 2 aromatic rings. The van der Waals surface area contributed by atoms with Crippen molar-refractivity contribution in [2.45, 2.75) is 64.2 Å².